The van der Waals surface area contributed by atoms with E-state index in [1.54, 1.807) is 11.9 Å². The van der Waals surface area contributed by atoms with E-state index in [0.29, 0.717) is 11.6 Å². The van der Waals surface area contributed by atoms with Gasteiger partial charge in [0.15, 0.2) is 0 Å². The summed E-state index contributed by atoms with van der Waals surface area (Å²) in [5.41, 5.74) is 0.380. The van der Waals surface area contributed by atoms with Crippen molar-refractivity contribution in [3.8, 4) is 0 Å². The molecule has 1 amide bonds. The molecule has 5 nitrogen and oxygen atoms in total. The van der Waals surface area contributed by atoms with Crippen molar-refractivity contribution in [2.45, 2.75) is 18.9 Å². The zero-order valence-electron chi connectivity index (χ0n) is 8.88. The normalized spacial score (nSPS) is 14.6. The lowest BCUT2D eigenvalue weighted by molar-refractivity contribution is 0.0688. The van der Waals surface area contributed by atoms with E-state index in [1.165, 1.54) is 18.3 Å². The Morgan fingerprint density at radius 1 is 1.44 bits per heavy atom. The first-order valence-corrected chi connectivity index (χ1v) is 5.06. The van der Waals surface area contributed by atoms with Crippen LogP contribution in [0.1, 0.15) is 33.7 Å². The number of carboxylic acid groups (broad SMARTS) is 1. The molecule has 0 unspecified atom stereocenters. The molecule has 5 heteroatoms. The average molecular weight is 220 g/mol. The van der Waals surface area contributed by atoms with Gasteiger partial charge in [0.05, 0.1) is 5.56 Å². The molecule has 2 rings (SSSR count). The van der Waals surface area contributed by atoms with Gasteiger partial charge in [0.2, 0.25) is 0 Å². The summed E-state index contributed by atoms with van der Waals surface area (Å²) in [6, 6.07) is 3.18. The molecule has 0 aromatic carbocycles. The number of carbonyl (C=O) groups excluding carboxylic acids is 1. The van der Waals surface area contributed by atoms with Gasteiger partial charge in [0, 0.05) is 19.3 Å². The number of hydrogen-bond acceptors (Lipinski definition) is 3. The van der Waals surface area contributed by atoms with Crippen molar-refractivity contribution in [3.05, 3.63) is 29.6 Å². The van der Waals surface area contributed by atoms with Crippen LogP contribution in [-0.4, -0.2) is 40.0 Å². The van der Waals surface area contributed by atoms with E-state index >= 15 is 0 Å². The second-order valence-corrected chi connectivity index (χ2v) is 3.88. The highest BCUT2D eigenvalue weighted by Crippen LogP contribution is 2.26. The first-order valence-electron chi connectivity index (χ1n) is 5.06. The minimum atomic E-state index is -1.09. The van der Waals surface area contributed by atoms with Crippen molar-refractivity contribution in [1.29, 1.82) is 0 Å². The summed E-state index contributed by atoms with van der Waals surface area (Å²) >= 11 is 0. The first-order chi connectivity index (χ1) is 7.59. The van der Waals surface area contributed by atoms with E-state index in [-0.39, 0.29) is 11.6 Å². The highest BCUT2D eigenvalue weighted by Gasteiger charge is 2.30. The molecule has 1 heterocycles. The van der Waals surface area contributed by atoms with Crippen molar-refractivity contribution >= 4 is 11.9 Å². The van der Waals surface area contributed by atoms with Crippen LogP contribution in [0.15, 0.2) is 18.3 Å². The molecule has 0 atom stereocenters. The third-order valence-electron chi connectivity index (χ3n) is 2.64. The van der Waals surface area contributed by atoms with Gasteiger partial charge in [-0.25, -0.2) is 9.78 Å². The van der Waals surface area contributed by atoms with E-state index in [2.05, 4.69) is 4.98 Å². The van der Waals surface area contributed by atoms with Crippen molar-refractivity contribution in [2.24, 2.45) is 0 Å². The Kier molecular flexibility index (Phi) is 2.60. The van der Waals surface area contributed by atoms with Gasteiger partial charge in [-0.15, -0.1) is 0 Å². The Morgan fingerprint density at radius 2 is 2.12 bits per heavy atom. The van der Waals surface area contributed by atoms with Gasteiger partial charge in [-0.05, 0) is 25.0 Å². The molecule has 1 aliphatic rings. The van der Waals surface area contributed by atoms with E-state index in [4.69, 9.17) is 5.11 Å². The Balaban J connectivity index is 2.14. The third kappa shape index (κ3) is 2.03. The van der Waals surface area contributed by atoms with Crippen molar-refractivity contribution in [3.63, 3.8) is 0 Å². The van der Waals surface area contributed by atoms with Crippen LogP contribution in [0.5, 0.6) is 0 Å². The molecule has 84 valence electrons. The molecule has 0 spiro atoms. The molecule has 0 aliphatic heterocycles. The molecule has 1 aliphatic carbocycles. The number of rotatable bonds is 3. The molecule has 16 heavy (non-hydrogen) atoms. The predicted octanol–water partition coefficient (Wildman–Crippen LogP) is 1.01. The third-order valence-corrected chi connectivity index (χ3v) is 2.64. The highest BCUT2D eigenvalue weighted by atomic mass is 16.4. The lowest BCUT2D eigenvalue weighted by atomic mass is 10.2. The molecule has 1 N–H and O–H groups in total. The number of aromatic nitrogens is 1. The summed E-state index contributed by atoms with van der Waals surface area (Å²) in [6.07, 6.45) is 3.40. The number of aromatic carboxylic acids is 1. The zero-order valence-corrected chi connectivity index (χ0v) is 8.88. The maximum atomic E-state index is 11.8. The topological polar surface area (TPSA) is 70.5 Å². The molecular weight excluding hydrogens is 208 g/mol. The molecule has 1 aromatic rings. The molecule has 1 aromatic heterocycles. The number of nitrogens with zero attached hydrogens (tertiary/aromatic N) is 2. The largest absolute Gasteiger partial charge is 0.477 e. The van der Waals surface area contributed by atoms with E-state index in [0.717, 1.165) is 12.8 Å². The minimum Gasteiger partial charge on any atom is -0.477 e. The van der Waals surface area contributed by atoms with Gasteiger partial charge in [0.25, 0.3) is 5.91 Å². The van der Waals surface area contributed by atoms with E-state index in [9.17, 15) is 9.59 Å². The van der Waals surface area contributed by atoms with E-state index in [1.807, 2.05) is 0 Å². The zero-order chi connectivity index (χ0) is 11.7. The summed E-state index contributed by atoms with van der Waals surface area (Å²) in [6.45, 7) is 0. The summed E-state index contributed by atoms with van der Waals surface area (Å²) < 4.78 is 0. The summed E-state index contributed by atoms with van der Waals surface area (Å²) in [5.74, 6) is -1.19. The fourth-order valence-corrected chi connectivity index (χ4v) is 1.48. The van der Waals surface area contributed by atoms with Crippen molar-refractivity contribution in [2.75, 3.05) is 7.05 Å². The smallest absolute Gasteiger partial charge is 0.354 e. The van der Waals surface area contributed by atoms with Crippen LogP contribution in [0.3, 0.4) is 0 Å². The van der Waals surface area contributed by atoms with Gasteiger partial charge >= 0.3 is 5.97 Å². The van der Waals surface area contributed by atoms with Gasteiger partial charge < -0.3 is 10.0 Å². The molecule has 1 saturated carbocycles. The number of carboxylic acids is 1. The monoisotopic (exact) mass is 220 g/mol. The lowest BCUT2D eigenvalue weighted by Gasteiger charge is -2.15. The van der Waals surface area contributed by atoms with Gasteiger partial charge in [0.1, 0.15) is 5.69 Å². The maximum absolute atomic E-state index is 11.8. The number of amides is 1. The highest BCUT2D eigenvalue weighted by molar-refractivity contribution is 5.95. The van der Waals surface area contributed by atoms with Crippen LogP contribution in [0.4, 0.5) is 0 Å². The minimum absolute atomic E-state index is 0.0503. The van der Waals surface area contributed by atoms with Crippen LogP contribution in [0.2, 0.25) is 0 Å². The maximum Gasteiger partial charge on any atom is 0.354 e. The first kappa shape index (κ1) is 10.6. The average Bonchev–Trinajstić information content (AvgIpc) is 3.11. The lowest BCUT2D eigenvalue weighted by Crippen LogP contribution is -2.28. The van der Waals surface area contributed by atoms with Crippen molar-refractivity contribution in [1.82, 2.24) is 9.88 Å². The van der Waals surface area contributed by atoms with Gasteiger partial charge in [-0.2, -0.15) is 0 Å². The van der Waals surface area contributed by atoms with Crippen LogP contribution in [-0.2, 0) is 0 Å². The Hall–Kier alpha value is -1.91. The van der Waals surface area contributed by atoms with Crippen LogP contribution in [0, 0.1) is 0 Å². The molecule has 0 saturated heterocycles. The number of carbonyl (C=O) groups is 2. The standard InChI is InChI=1S/C11H12N2O3/c1-13(8-3-4-8)10(14)7-2-5-9(11(15)16)12-6-7/h2,5-6,8H,3-4H2,1H3,(H,15,16). The van der Waals surface area contributed by atoms with Crippen molar-refractivity contribution < 1.29 is 14.7 Å². The number of pyridine rings is 1. The quantitative estimate of drug-likeness (QED) is 0.825. The van der Waals surface area contributed by atoms with Crippen LogP contribution in [0.25, 0.3) is 0 Å². The summed E-state index contributed by atoms with van der Waals surface area (Å²) in [7, 11) is 1.76. The van der Waals surface area contributed by atoms with Gasteiger partial charge in [-0.1, -0.05) is 0 Å². The molecule has 0 bridgehead atoms. The number of hydrogen-bond donors (Lipinski definition) is 1. The SMILES string of the molecule is CN(C(=O)c1ccc(C(=O)O)nc1)C1CC1. The summed E-state index contributed by atoms with van der Waals surface area (Å²) in [4.78, 5) is 27.8. The van der Waals surface area contributed by atoms with Crippen LogP contribution >= 0.6 is 0 Å². The summed E-state index contributed by atoms with van der Waals surface area (Å²) in [5, 5.41) is 8.66. The Bertz CT molecular complexity index is 423. The predicted molar refractivity (Wildman–Crippen MR) is 56.3 cm³/mol. The Labute approximate surface area is 92.7 Å². The second-order valence-electron chi connectivity index (χ2n) is 3.88. The van der Waals surface area contributed by atoms with E-state index < -0.39 is 5.97 Å². The second kappa shape index (κ2) is 3.92. The Morgan fingerprint density at radius 3 is 2.56 bits per heavy atom. The molecule has 0 radical (unpaired) electrons. The fourth-order valence-electron chi connectivity index (χ4n) is 1.48. The fraction of sp³-hybridized carbons (Fsp3) is 0.364. The van der Waals surface area contributed by atoms with Crippen LogP contribution < -0.4 is 0 Å². The molecular formula is C11H12N2O3. The molecule has 1 fully saturated rings. The van der Waals surface area contributed by atoms with Gasteiger partial charge in [-0.3, -0.25) is 4.79 Å².